The second kappa shape index (κ2) is 7.72. The molecule has 2 N–H and O–H groups in total. The predicted octanol–water partition coefficient (Wildman–Crippen LogP) is 3.65. The normalized spacial score (nSPS) is 14.3. The number of carbonyl (C=O) groups excluding carboxylic acids is 2. The van der Waals surface area contributed by atoms with Gasteiger partial charge in [-0.25, -0.2) is 9.48 Å². The molecule has 1 amide bonds. The fourth-order valence-electron chi connectivity index (χ4n) is 3.66. The molecule has 1 aromatic heterocycles. The molecule has 0 saturated heterocycles. The monoisotopic (exact) mass is 379 g/mol. The lowest BCUT2D eigenvalue weighted by atomic mass is 10.1. The first kappa shape index (κ1) is 18.0. The van der Waals surface area contributed by atoms with Crippen molar-refractivity contribution in [3.8, 4) is 5.75 Å². The van der Waals surface area contributed by atoms with Crippen LogP contribution in [0.15, 0.2) is 48.7 Å². The molecule has 1 aliphatic rings. The Bertz CT molecular complexity index is 1020. The third-order valence-corrected chi connectivity index (χ3v) is 5.06. The number of carbonyl (C=O) groups is 2. The van der Waals surface area contributed by atoms with Crippen LogP contribution in [0.3, 0.4) is 0 Å². The highest BCUT2D eigenvalue weighted by Crippen LogP contribution is 2.31. The van der Waals surface area contributed by atoms with Crippen LogP contribution in [0.2, 0.25) is 0 Å². The number of fused-ring (bicyclic) bond motifs is 1. The zero-order valence-electron chi connectivity index (χ0n) is 15.3. The van der Waals surface area contributed by atoms with Gasteiger partial charge in [0.15, 0.2) is 6.61 Å². The van der Waals surface area contributed by atoms with Gasteiger partial charge in [0, 0.05) is 11.5 Å². The van der Waals surface area contributed by atoms with Crippen LogP contribution in [-0.2, 0) is 9.53 Å². The van der Waals surface area contributed by atoms with Crippen LogP contribution < -0.4 is 5.32 Å². The predicted molar refractivity (Wildman–Crippen MR) is 104 cm³/mol. The first-order valence-electron chi connectivity index (χ1n) is 9.34. The number of phenolic OH excluding ortho intramolecular Hbond substituents is 1. The fourth-order valence-corrected chi connectivity index (χ4v) is 3.66. The standard InChI is InChI=1S/C21H21N3O4/c25-19(23-18-11-12-22-24(18)15-6-2-3-7-15)13-28-21(27)17-10-9-14-5-1-4-8-16(14)20(17)26/h1,4-5,8-12,15,26H,2-3,6-7,13H2,(H,23,25). The van der Waals surface area contributed by atoms with Crippen molar-refractivity contribution < 1.29 is 19.4 Å². The average Bonchev–Trinajstić information content (AvgIpc) is 3.38. The molecular formula is C21H21N3O4. The molecule has 0 atom stereocenters. The van der Waals surface area contributed by atoms with E-state index in [1.54, 1.807) is 30.5 Å². The number of nitrogens with one attached hydrogen (secondary N) is 1. The van der Waals surface area contributed by atoms with Gasteiger partial charge in [-0.05, 0) is 24.3 Å². The summed E-state index contributed by atoms with van der Waals surface area (Å²) in [6, 6.07) is 12.4. The maximum absolute atomic E-state index is 12.3. The number of phenols is 1. The molecule has 0 aliphatic heterocycles. The molecule has 0 bridgehead atoms. The maximum atomic E-state index is 12.3. The van der Waals surface area contributed by atoms with E-state index in [0.29, 0.717) is 17.2 Å². The van der Waals surface area contributed by atoms with Crippen molar-refractivity contribution in [1.29, 1.82) is 0 Å². The first-order valence-corrected chi connectivity index (χ1v) is 9.34. The summed E-state index contributed by atoms with van der Waals surface area (Å²) in [4.78, 5) is 24.5. The number of amides is 1. The summed E-state index contributed by atoms with van der Waals surface area (Å²) in [6.07, 6.45) is 6.05. The van der Waals surface area contributed by atoms with Gasteiger partial charge in [-0.3, -0.25) is 4.79 Å². The molecule has 1 saturated carbocycles. The second-order valence-electron chi connectivity index (χ2n) is 6.91. The van der Waals surface area contributed by atoms with E-state index in [1.165, 1.54) is 6.07 Å². The molecule has 144 valence electrons. The van der Waals surface area contributed by atoms with Crippen molar-refractivity contribution in [1.82, 2.24) is 9.78 Å². The minimum absolute atomic E-state index is 0.0301. The lowest BCUT2D eigenvalue weighted by molar-refractivity contribution is -0.119. The number of ether oxygens (including phenoxy) is 1. The van der Waals surface area contributed by atoms with Gasteiger partial charge in [-0.1, -0.05) is 43.2 Å². The topological polar surface area (TPSA) is 93.5 Å². The van der Waals surface area contributed by atoms with E-state index < -0.39 is 18.5 Å². The summed E-state index contributed by atoms with van der Waals surface area (Å²) in [5, 5.41) is 18.7. The van der Waals surface area contributed by atoms with Crippen LogP contribution >= 0.6 is 0 Å². The zero-order valence-corrected chi connectivity index (χ0v) is 15.3. The number of hydrogen-bond acceptors (Lipinski definition) is 5. The molecule has 1 fully saturated rings. The number of nitrogens with zero attached hydrogens (tertiary/aromatic N) is 2. The number of aromatic hydroxyl groups is 1. The summed E-state index contributed by atoms with van der Waals surface area (Å²) in [6.45, 7) is -0.444. The molecule has 4 rings (SSSR count). The first-order chi connectivity index (χ1) is 13.6. The highest BCUT2D eigenvalue weighted by molar-refractivity contribution is 6.02. The fraction of sp³-hybridized carbons (Fsp3) is 0.286. The van der Waals surface area contributed by atoms with Crippen molar-refractivity contribution in [3.63, 3.8) is 0 Å². The van der Waals surface area contributed by atoms with Crippen LogP contribution in [0.1, 0.15) is 42.1 Å². The van der Waals surface area contributed by atoms with E-state index in [0.717, 1.165) is 31.1 Å². The quantitative estimate of drug-likeness (QED) is 0.660. The van der Waals surface area contributed by atoms with Crippen molar-refractivity contribution in [2.24, 2.45) is 0 Å². The van der Waals surface area contributed by atoms with Gasteiger partial charge in [-0.15, -0.1) is 0 Å². The molecule has 0 unspecified atom stereocenters. The zero-order chi connectivity index (χ0) is 19.5. The van der Waals surface area contributed by atoms with Gasteiger partial charge in [0.1, 0.15) is 17.1 Å². The summed E-state index contributed by atoms with van der Waals surface area (Å²) < 4.78 is 6.91. The molecule has 28 heavy (non-hydrogen) atoms. The number of aromatic nitrogens is 2. The molecule has 7 nitrogen and oxygen atoms in total. The van der Waals surface area contributed by atoms with Crippen molar-refractivity contribution in [3.05, 3.63) is 54.2 Å². The minimum atomic E-state index is -0.747. The molecule has 0 spiro atoms. The summed E-state index contributed by atoms with van der Waals surface area (Å²) in [5.74, 6) is -0.750. The molecular weight excluding hydrogens is 358 g/mol. The minimum Gasteiger partial charge on any atom is -0.506 e. The second-order valence-corrected chi connectivity index (χ2v) is 6.91. The molecule has 0 radical (unpaired) electrons. The lowest BCUT2D eigenvalue weighted by Crippen LogP contribution is -2.23. The third kappa shape index (κ3) is 3.55. The number of anilines is 1. The largest absolute Gasteiger partial charge is 0.506 e. The Morgan fingerprint density at radius 1 is 1.14 bits per heavy atom. The van der Waals surface area contributed by atoms with E-state index >= 15 is 0 Å². The summed E-state index contributed by atoms with van der Waals surface area (Å²) >= 11 is 0. The van der Waals surface area contributed by atoms with Crippen LogP contribution in [0.25, 0.3) is 10.8 Å². The van der Waals surface area contributed by atoms with Gasteiger partial charge >= 0.3 is 5.97 Å². The third-order valence-electron chi connectivity index (χ3n) is 5.06. The van der Waals surface area contributed by atoms with E-state index in [1.807, 2.05) is 16.8 Å². The number of esters is 1. The molecule has 1 aliphatic carbocycles. The Morgan fingerprint density at radius 2 is 1.93 bits per heavy atom. The van der Waals surface area contributed by atoms with Gasteiger partial charge in [0.25, 0.3) is 5.91 Å². The van der Waals surface area contributed by atoms with Crippen molar-refractivity contribution in [2.75, 3.05) is 11.9 Å². The van der Waals surface area contributed by atoms with Crippen LogP contribution in [0.4, 0.5) is 5.82 Å². The molecule has 2 aromatic carbocycles. The Labute approximate surface area is 161 Å². The molecule has 1 heterocycles. The Kier molecular flexibility index (Phi) is 4.97. The van der Waals surface area contributed by atoms with E-state index in [2.05, 4.69) is 10.4 Å². The molecule has 3 aromatic rings. The van der Waals surface area contributed by atoms with Crippen LogP contribution in [0, 0.1) is 0 Å². The molecule has 7 heteroatoms. The van der Waals surface area contributed by atoms with E-state index in [-0.39, 0.29) is 11.3 Å². The Balaban J connectivity index is 1.39. The van der Waals surface area contributed by atoms with E-state index in [4.69, 9.17) is 4.74 Å². The smallest absolute Gasteiger partial charge is 0.342 e. The van der Waals surface area contributed by atoms with E-state index in [9.17, 15) is 14.7 Å². The SMILES string of the molecule is O=C(COC(=O)c1ccc2ccccc2c1O)Nc1ccnn1C1CCCC1. The Hall–Kier alpha value is -3.35. The van der Waals surface area contributed by atoms with Gasteiger partial charge < -0.3 is 15.2 Å². The van der Waals surface area contributed by atoms with Gasteiger partial charge in [0.2, 0.25) is 0 Å². The maximum Gasteiger partial charge on any atom is 0.342 e. The lowest BCUT2D eigenvalue weighted by Gasteiger charge is -2.14. The van der Waals surface area contributed by atoms with Gasteiger partial charge in [0.05, 0.1) is 12.2 Å². The highest BCUT2D eigenvalue weighted by Gasteiger charge is 2.21. The highest BCUT2D eigenvalue weighted by atomic mass is 16.5. The van der Waals surface area contributed by atoms with Crippen molar-refractivity contribution in [2.45, 2.75) is 31.7 Å². The van der Waals surface area contributed by atoms with Crippen molar-refractivity contribution >= 4 is 28.5 Å². The number of hydrogen-bond donors (Lipinski definition) is 2. The van der Waals surface area contributed by atoms with Crippen LogP contribution in [0.5, 0.6) is 5.75 Å². The van der Waals surface area contributed by atoms with Gasteiger partial charge in [-0.2, -0.15) is 5.10 Å². The average molecular weight is 379 g/mol. The number of benzene rings is 2. The van der Waals surface area contributed by atoms with Crippen LogP contribution in [-0.4, -0.2) is 33.4 Å². The summed E-state index contributed by atoms with van der Waals surface area (Å²) in [7, 11) is 0. The summed E-state index contributed by atoms with van der Waals surface area (Å²) in [5.41, 5.74) is 0.0301. The Morgan fingerprint density at radius 3 is 2.75 bits per heavy atom. The number of rotatable bonds is 5.